The van der Waals surface area contributed by atoms with E-state index in [1.54, 1.807) is 35.9 Å². The van der Waals surface area contributed by atoms with Gasteiger partial charge < -0.3 is 10.1 Å². The molecule has 0 fully saturated rings. The number of nitrogens with zero attached hydrogens (tertiary/aromatic N) is 3. The number of methoxy groups -OCH3 is 1. The number of amides is 1. The van der Waals surface area contributed by atoms with Gasteiger partial charge in [-0.2, -0.15) is 5.10 Å². The lowest BCUT2D eigenvalue weighted by Gasteiger charge is -2.05. The van der Waals surface area contributed by atoms with E-state index < -0.39 is 0 Å². The molecule has 25 heavy (non-hydrogen) atoms. The summed E-state index contributed by atoms with van der Waals surface area (Å²) in [6, 6.07) is 6.95. The quantitative estimate of drug-likeness (QED) is 0.624. The first kappa shape index (κ1) is 17.1. The number of ether oxygens (including phenoxy) is 1. The Balaban J connectivity index is 1.43. The van der Waals surface area contributed by atoms with E-state index in [-0.39, 0.29) is 24.5 Å². The molecule has 2 heterocycles. The summed E-state index contributed by atoms with van der Waals surface area (Å²) in [5.74, 6) is 0.419. The summed E-state index contributed by atoms with van der Waals surface area (Å²) in [5.41, 5.74) is 1.56. The van der Waals surface area contributed by atoms with Crippen molar-refractivity contribution in [1.82, 2.24) is 19.9 Å². The summed E-state index contributed by atoms with van der Waals surface area (Å²) in [6.07, 6.45) is 2.51. The fourth-order valence-electron chi connectivity index (χ4n) is 2.43. The SMILES string of the molecule is COc1cccc(C(=O)CCC(=O)NCCc2csc3ncnn23)c1. The minimum Gasteiger partial charge on any atom is -0.497 e. The normalized spacial score (nSPS) is 10.8. The van der Waals surface area contributed by atoms with Crippen molar-refractivity contribution in [3.63, 3.8) is 0 Å². The number of carbonyl (C=O) groups excluding carboxylic acids is 2. The third-order valence-electron chi connectivity index (χ3n) is 3.76. The molecule has 0 saturated carbocycles. The second-order valence-electron chi connectivity index (χ2n) is 5.44. The van der Waals surface area contributed by atoms with Crippen LogP contribution in [0.1, 0.15) is 28.9 Å². The first-order valence-electron chi connectivity index (χ1n) is 7.87. The largest absolute Gasteiger partial charge is 0.497 e. The van der Waals surface area contributed by atoms with Gasteiger partial charge in [-0.05, 0) is 12.1 Å². The Morgan fingerprint density at radius 1 is 1.32 bits per heavy atom. The zero-order valence-corrected chi connectivity index (χ0v) is 14.6. The number of Topliss-reactive ketones (excluding diaryl/α,β-unsaturated/α-hetero) is 1. The first-order valence-corrected chi connectivity index (χ1v) is 8.75. The van der Waals surface area contributed by atoms with Crippen molar-refractivity contribution in [3.8, 4) is 5.75 Å². The van der Waals surface area contributed by atoms with Gasteiger partial charge >= 0.3 is 0 Å². The molecular formula is C17H18N4O3S. The molecule has 0 radical (unpaired) electrons. The van der Waals surface area contributed by atoms with Crippen molar-refractivity contribution < 1.29 is 14.3 Å². The molecule has 130 valence electrons. The minimum absolute atomic E-state index is 0.0730. The van der Waals surface area contributed by atoms with Gasteiger partial charge in [0.15, 0.2) is 5.78 Å². The Hall–Kier alpha value is -2.74. The lowest BCUT2D eigenvalue weighted by molar-refractivity contribution is -0.121. The molecule has 1 amide bonds. The zero-order chi connectivity index (χ0) is 17.6. The standard InChI is InChI=1S/C17H18N4O3S/c1-24-14-4-2-3-12(9-14)15(22)5-6-16(23)18-8-7-13-10-25-17-19-11-20-21(13)17/h2-4,9-11H,5-8H2,1H3,(H,18,23). The summed E-state index contributed by atoms with van der Waals surface area (Å²) in [6.45, 7) is 0.498. The number of aromatic nitrogens is 3. The van der Waals surface area contributed by atoms with Gasteiger partial charge in [0.1, 0.15) is 12.1 Å². The molecule has 3 rings (SSSR count). The lowest BCUT2D eigenvalue weighted by atomic mass is 10.1. The number of fused-ring (bicyclic) bond motifs is 1. The molecule has 0 unspecified atom stereocenters. The molecular weight excluding hydrogens is 340 g/mol. The Labute approximate surface area is 148 Å². The average molecular weight is 358 g/mol. The maximum atomic E-state index is 12.1. The molecule has 1 aromatic carbocycles. The smallest absolute Gasteiger partial charge is 0.220 e. The second kappa shape index (κ2) is 7.89. The molecule has 2 aromatic heterocycles. The summed E-state index contributed by atoms with van der Waals surface area (Å²) in [5, 5.41) is 8.95. The van der Waals surface area contributed by atoms with Crippen molar-refractivity contribution in [2.45, 2.75) is 19.3 Å². The minimum atomic E-state index is -0.138. The second-order valence-corrected chi connectivity index (χ2v) is 6.27. The highest BCUT2D eigenvalue weighted by molar-refractivity contribution is 7.15. The van der Waals surface area contributed by atoms with E-state index in [0.717, 1.165) is 10.7 Å². The van der Waals surface area contributed by atoms with Crippen LogP contribution in [0.25, 0.3) is 4.96 Å². The van der Waals surface area contributed by atoms with E-state index in [1.807, 2.05) is 5.38 Å². The van der Waals surface area contributed by atoms with Crippen molar-refractivity contribution >= 4 is 28.0 Å². The molecule has 0 aliphatic rings. The average Bonchev–Trinajstić information content (AvgIpc) is 3.24. The van der Waals surface area contributed by atoms with Gasteiger partial charge in [-0.25, -0.2) is 9.50 Å². The topological polar surface area (TPSA) is 85.6 Å². The molecule has 1 N–H and O–H groups in total. The Morgan fingerprint density at radius 3 is 3.04 bits per heavy atom. The number of hydrogen-bond acceptors (Lipinski definition) is 6. The van der Waals surface area contributed by atoms with Crippen LogP contribution in [0.5, 0.6) is 5.75 Å². The maximum Gasteiger partial charge on any atom is 0.220 e. The highest BCUT2D eigenvalue weighted by atomic mass is 32.1. The van der Waals surface area contributed by atoms with Crippen LogP contribution in [-0.4, -0.2) is 39.9 Å². The summed E-state index contributed by atoms with van der Waals surface area (Å²) in [7, 11) is 1.55. The Morgan fingerprint density at radius 2 is 2.20 bits per heavy atom. The van der Waals surface area contributed by atoms with E-state index >= 15 is 0 Å². The van der Waals surface area contributed by atoms with Crippen LogP contribution < -0.4 is 10.1 Å². The summed E-state index contributed by atoms with van der Waals surface area (Å²) >= 11 is 1.52. The van der Waals surface area contributed by atoms with Crippen LogP contribution in [0.2, 0.25) is 0 Å². The molecule has 0 saturated heterocycles. The van der Waals surface area contributed by atoms with Gasteiger partial charge in [0.05, 0.1) is 12.8 Å². The van der Waals surface area contributed by atoms with Gasteiger partial charge in [0.25, 0.3) is 0 Å². The van der Waals surface area contributed by atoms with Crippen molar-refractivity contribution in [3.05, 3.63) is 47.2 Å². The number of rotatable bonds is 8. The van der Waals surface area contributed by atoms with Gasteiger partial charge in [0.2, 0.25) is 10.9 Å². The van der Waals surface area contributed by atoms with Gasteiger partial charge in [-0.1, -0.05) is 12.1 Å². The highest BCUT2D eigenvalue weighted by Gasteiger charge is 2.11. The molecule has 0 aliphatic carbocycles. The van der Waals surface area contributed by atoms with Gasteiger partial charge in [-0.15, -0.1) is 11.3 Å². The fraction of sp³-hybridized carbons (Fsp3) is 0.294. The van der Waals surface area contributed by atoms with Gasteiger partial charge in [-0.3, -0.25) is 9.59 Å². The van der Waals surface area contributed by atoms with Crippen LogP contribution in [0.3, 0.4) is 0 Å². The molecule has 8 heteroatoms. The fourth-order valence-corrected chi connectivity index (χ4v) is 3.26. The molecule has 7 nitrogen and oxygen atoms in total. The van der Waals surface area contributed by atoms with Crippen LogP contribution >= 0.6 is 11.3 Å². The predicted molar refractivity (Wildman–Crippen MR) is 94.1 cm³/mol. The first-order chi connectivity index (χ1) is 12.2. The Bertz CT molecular complexity index is 887. The van der Waals surface area contributed by atoms with E-state index in [1.165, 1.54) is 17.7 Å². The van der Waals surface area contributed by atoms with Crippen molar-refractivity contribution in [2.24, 2.45) is 0 Å². The van der Waals surface area contributed by atoms with E-state index in [0.29, 0.717) is 24.3 Å². The molecule has 0 atom stereocenters. The third-order valence-corrected chi connectivity index (χ3v) is 4.64. The highest BCUT2D eigenvalue weighted by Crippen LogP contribution is 2.15. The number of carbonyl (C=O) groups is 2. The van der Waals surface area contributed by atoms with Crippen LogP contribution in [0, 0.1) is 0 Å². The molecule has 0 aliphatic heterocycles. The van der Waals surface area contributed by atoms with E-state index in [9.17, 15) is 9.59 Å². The molecule has 0 bridgehead atoms. The predicted octanol–water partition coefficient (Wildman–Crippen LogP) is 2.12. The van der Waals surface area contributed by atoms with Crippen LogP contribution in [0.15, 0.2) is 36.0 Å². The lowest BCUT2D eigenvalue weighted by Crippen LogP contribution is -2.26. The number of benzene rings is 1. The zero-order valence-electron chi connectivity index (χ0n) is 13.8. The summed E-state index contributed by atoms with van der Waals surface area (Å²) in [4.78, 5) is 29.0. The van der Waals surface area contributed by atoms with Crippen LogP contribution in [-0.2, 0) is 11.2 Å². The number of hydrogen-bond donors (Lipinski definition) is 1. The maximum absolute atomic E-state index is 12.1. The van der Waals surface area contributed by atoms with Crippen molar-refractivity contribution in [1.29, 1.82) is 0 Å². The third kappa shape index (κ3) is 4.21. The number of thiazole rings is 1. The van der Waals surface area contributed by atoms with E-state index in [2.05, 4.69) is 15.4 Å². The molecule has 3 aromatic rings. The summed E-state index contributed by atoms with van der Waals surface area (Å²) < 4.78 is 6.87. The van der Waals surface area contributed by atoms with E-state index in [4.69, 9.17) is 4.74 Å². The monoisotopic (exact) mass is 358 g/mol. The number of nitrogens with one attached hydrogen (secondary N) is 1. The van der Waals surface area contributed by atoms with Crippen LogP contribution in [0.4, 0.5) is 0 Å². The van der Waals surface area contributed by atoms with Gasteiger partial charge in [0, 0.05) is 36.8 Å². The molecule has 0 spiro atoms. The van der Waals surface area contributed by atoms with Crippen molar-refractivity contribution in [2.75, 3.05) is 13.7 Å². The number of ketones is 1. The Kier molecular flexibility index (Phi) is 5.39.